The fraction of sp³-hybridized carbons (Fsp3) is 0.480. The number of hydrogen-bond donors (Lipinski definition) is 1. The molecule has 35 heavy (non-hydrogen) atoms. The largest absolute Gasteiger partial charge is 0.416 e. The molecule has 0 bridgehead atoms. The fourth-order valence-corrected chi connectivity index (χ4v) is 5.38. The molecule has 1 aliphatic carbocycles. The van der Waals surface area contributed by atoms with Gasteiger partial charge in [-0.05, 0) is 74.1 Å². The van der Waals surface area contributed by atoms with Crippen LogP contribution in [0.5, 0.6) is 0 Å². The quantitative estimate of drug-likeness (QED) is 0.450. The summed E-state index contributed by atoms with van der Waals surface area (Å²) in [5.74, 6) is -0.972. The van der Waals surface area contributed by atoms with Crippen LogP contribution >= 0.6 is 0 Å². The summed E-state index contributed by atoms with van der Waals surface area (Å²) in [5.41, 5.74) is -3.43. The van der Waals surface area contributed by atoms with Crippen molar-refractivity contribution in [2.75, 3.05) is 0 Å². The molecule has 0 aromatic heterocycles. The lowest BCUT2D eigenvalue weighted by atomic mass is 9.78. The summed E-state index contributed by atoms with van der Waals surface area (Å²) < 4.78 is 100. The van der Waals surface area contributed by atoms with Gasteiger partial charge < -0.3 is 10.1 Å². The summed E-state index contributed by atoms with van der Waals surface area (Å²) >= 11 is 0. The van der Waals surface area contributed by atoms with Gasteiger partial charge in [-0.2, -0.15) is 26.3 Å². The predicted octanol–water partition coefficient (Wildman–Crippen LogP) is 6.93. The number of carbonyl (C=O) groups excluding carboxylic acids is 1. The molecule has 1 unspecified atom stereocenters. The Kier molecular flexibility index (Phi) is 6.63. The first-order valence-corrected chi connectivity index (χ1v) is 11.3. The minimum atomic E-state index is -4.98. The van der Waals surface area contributed by atoms with Gasteiger partial charge in [0, 0.05) is 12.3 Å². The maximum Gasteiger partial charge on any atom is 0.416 e. The Morgan fingerprint density at radius 2 is 1.57 bits per heavy atom. The topological polar surface area (TPSA) is 38.3 Å². The van der Waals surface area contributed by atoms with Gasteiger partial charge in [0.2, 0.25) is 5.91 Å². The van der Waals surface area contributed by atoms with Crippen molar-refractivity contribution in [2.24, 2.45) is 0 Å². The molecule has 4 rings (SSSR count). The Morgan fingerprint density at radius 3 is 2.09 bits per heavy atom. The Bertz CT molecular complexity index is 1050. The number of amides is 1. The lowest BCUT2D eigenvalue weighted by Gasteiger charge is -2.43. The van der Waals surface area contributed by atoms with Gasteiger partial charge in [-0.25, -0.2) is 4.39 Å². The van der Waals surface area contributed by atoms with Gasteiger partial charge in [0.15, 0.2) is 0 Å². The normalized spacial score (nSPS) is 26.1. The second-order valence-corrected chi connectivity index (χ2v) is 9.21. The Hall–Kier alpha value is -2.62. The van der Waals surface area contributed by atoms with E-state index in [9.17, 15) is 35.5 Å². The van der Waals surface area contributed by atoms with Gasteiger partial charge >= 0.3 is 12.4 Å². The summed E-state index contributed by atoms with van der Waals surface area (Å²) in [6.07, 6.45) is -8.72. The molecule has 1 heterocycles. The molecule has 2 aromatic carbocycles. The summed E-state index contributed by atoms with van der Waals surface area (Å²) in [6.45, 7) is 1.41. The number of ether oxygens (including phenoxy) is 1. The highest BCUT2D eigenvalue weighted by Gasteiger charge is 2.53. The first-order chi connectivity index (χ1) is 16.3. The van der Waals surface area contributed by atoms with Crippen LogP contribution in [0, 0.1) is 5.82 Å². The Labute approximate surface area is 197 Å². The number of nitrogens with one attached hydrogen (secondary N) is 1. The smallest absolute Gasteiger partial charge is 0.365 e. The van der Waals surface area contributed by atoms with Crippen LogP contribution < -0.4 is 5.32 Å². The van der Waals surface area contributed by atoms with Crippen molar-refractivity contribution in [3.05, 3.63) is 70.5 Å². The van der Waals surface area contributed by atoms with E-state index in [-0.39, 0.29) is 29.9 Å². The van der Waals surface area contributed by atoms with Crippen molar-refractivity contribution in [1.82, 2.24) is 5.32 Å². The number of benzene rings is 2. The molecular formula is C25H24F7NO2. The second kappa shape index (κ2) is 9.11. The van der Waals surface area contributed by atoms with Crippen LogP contribution in [0.1, 0.15) is 73.3 Å². The van der Waals surface area contributed by atoms with Crippen LogP contribution in [0.15, 0.2) is 42.5 Å². The molecule has 190 valence electrons. The maximum absolute atomic E-state index is 13.5. The highest BCUT2D eigenvalue weighted by molar-refractivity contribution is 5.78. The Morgan fingerprint density at radius 1 is 0.971 bits per heavy atom. The molecule has 1 amide bonds. The summed E-state index contributed by atoms with van der Waals surface area (Å²) in [6, 6.07) is 6.71. The van der Waals surface area contributed by atoms with E-state index in [1.165, 1.54) is 19.1 Å². The van der Waals surface area contributed by atoms with E-state index in [4.69, 9.17) is 4.74 Å². The van der Waals surface area contributed by atoms with Crippen molar-refractivity contribution >= 4 is 5.91 Å². The van der Waals surface area contributed by atoms with Crippen LogP contribution in [-0.2, 0) is 21.9 Å². The number of carbonyl (C=O) groups is 1. The van der Waals surface area contributed by atoms with E-state index >= 15 is 0 Å². The summed E-state index contributed by atoms with van der Waals surface area (Å²) in [4.78, 5) is 12.0. The third-order valence-corrected chi connectivity index (χ3v) is 6.98. The monoisotopic (exact) mass is 503 g/mol. The number of hydrogen-bond acceptors (Lipinski definition) is 2. The third kappa shape index (κ3) is 5.17. The van der Waals surface area contributed by atoms with Gasteiger partial charge in [-0.15, -0.1) is 0 Å². The van der Waals surface area contributed by atoms with Crippen LogP contribution in [0.3, 0.4) is 0 Å². The zero-order valence-corrected chi connectivity index (χ0v) is 18.8. The van der Waals surface area contributed by atoms with Gasteiger partial charge in [-0.1, -0.05) is 12.1 Å². The molecule has 0 spiro atoms. The first-order valence-electron chi connectivity index (χ1n) is 11.3. The minimum Gasteiger partial charge on any atom is -0.365 e. The molecule has 1 saturated heterocycles. The van der Waals surface area contributed by atoms with Crippen LogP contribution in [0.4, 0.5) is 30.7 Å². The molecule has 1 N–H and O–H groups in total. The average molecular weight is 503 g/mol. The van der Waals surface area contributed by atoms with Gasteiger partial charge in [-0.3, -0.25) is 4.79 Å². The molecule has 1 saturated carbocycles. The van der Waals surface area contributed by atoms with Crippen LogP contribution in [0.25, 0.3) is 0 Å². The van der Waals surface area contributed by atoms with Crippen molar-refractivity contribution in [2.45, 2.75) is 75.0 Å². The highest BCUT2D eigenvalue weighted by Crippen LogP contribution is 2.51. The van der Waals surface area contributed by atoms with E-state index in [1.54, 1.807) is 12.1 Å². The molecule has 0 radical (unpaired) electrons. The Balaban J connectivity index is 1.75. The third-order valence-electron chi connectivity index (χ3n) is 6.98. The highest BCUT2D eigenvalue weighted by atomic mass is 19.4. The fourth-order valence-electron chi connectivity index (χ4n) is 5.38. The van der Waals surface area contributed by atoms with Crippen LogP contribution in [-0.4, -0.2) is 17.6 Å². The van der Waals surface area contributed by atoms with Gasteiger partial charge in [0.05, 0.1) is 28.9 Å². The van der Waals surface area contributed by atoms with Gasteiger partial charge in [0.25, 0.3) is 0 Å². The van der Waals surface area contributed by atoms with Crippen LogP contribution in [0.2, 0.25) is 0 Å². The molecule has 10 heteroatoms. The average Bonchev–Trinajstić information content (AvgIpc) is 3.40. The zero-order chi connectivity index (χ0) is 25.6. The molecular weight excluding hydrogens is 479 g/mol. The molecule has 2 aliphatic rings. The molecule has 2 fully saturated rings. The van der Waals surface area contributed by atoms with E-state index in [1.807, 2.05) is 0 Å². The summed E-state index contributed by atoms with van der Waals surface area (Å²) in [7, 11) is 0. The standard InChI is InChI=1S/C25H24F7NO2/c1-14(16-11-17(24(27,28)29)13-18(12-16)25(30,31)32)35-23(21-8-9-22(34)33-21)10-2-3-20(23)15-4-6-19(26)7-5-15/h4-7,11-14,20-21H,2-3,8-10H2,1H3,(H,33,34)/t14?,20-,21-,23-/m1/s1. The van der Waals surface area contributed by atoms with E-state index < -0.39 is 47.0 Å². The molecule has 2 aromatic rings. The number of alkyl halides is 6. The molecule has 3 nitrogen and oxygen atoms in total. The second-order valence-electron chi connectivity index (χ2n) is 9.21. The minimum absolute atomic E-state index is 0.0834. The lowest BCUT2D eigenvalue weighted by molar-refractivity contribution is -0.144. The zero-order valence-electron chi connectivity index (χ0n) is 18.8. The van der Waals surface area contributed by atoms with Crippen molar-refractivity contribution in [1.29, 1.82) is 0 Å². The van der Waals surface area contributed by atoms with Crippen molar-refractivity contribution in [3.63, 3.8) is 0 Å². The van der Waals surface area contributed by atoms with E-state index in [2.05, 4.69) is 5.32 Å². The number of rotatable bonds is 5. The van der Waals surface area contributed by atoms with Crippen molar-refractivity contribution < 1.29 is 40.3 Å². The first kappa shape index (κ1) is 25.5. The molecule has 1 aliphatic heterocycles. The molecule has 4 atom stereocenters. The maximum atomic E-state index is 13.5. The predicted molar refractivity (Wildman–Crippen MR) is 113 cm³/mol. The summed E-state index contributed by atoms with van der Waals surface area (Å²) in [5, 5.41) is 2.88. The van der Waals surface area contributed by atoms with Gasteiger partial charge in [0.1, 0.15) is 5.82 Å². The number of halogens is 7. The lowest BCUT2D eigenvalue weighted by Crippen LogP contribution is -2.52. The van der Waals surface area contributed by atoms with Crippen molar-refractivity contribution in [3.8, 4) is 0 Å². The SMILES string of the molecule is CC(O[C@]1([C@H]2CCC(=O)N2)CCC[C@@H]1c1ccc(F)cc1)c1cc(C(F)(F)F)cc(C(F)(F)F)c1. The van der Waals surface area contributed by atoms with E-state index in [0.717, 1.165) is 5.56 Å². The van der Waals surface area contributed by atoms with E-state index in [0.29, 0.717) is 37.8 Å².